The molecule has 0 heterocycles. The molecule has 1 aromatic carbocycles. The van der Waals surface area contributed by atoms with Gasteiger partial charge in [0.15, 0.2) is 0 Å². The lowest BCUT2D eigenvalue weighted by molar-refractivity contribution is 0.263. The van der Waals surface area contributed by atoms with Crippen LogP contribution in [0.25, 0.3) is 0 Å². The summed E-state index contributed by atoms with van der Waals surface area (Å²) in [7, 11) is 0. The third-order valence-electron chi connectivity index (χ3n) is 2.50. The van der Waals surface area contributed by atoms with E-state index in [0.717, 1.165) is 11.3 Å². The van der Waals surface area contributed by atoms with Crippen LogP contribution in [-0.2, 0) is 5.33 Å². The van der Waals surface area contributed by atoms with Crippen LogP contribution >= 0.6 is 27.5 Å². The summed E-state index contributed by atoms with van der Waals surface area (Å²) in [6, 6.07) is 7.84. The van der Waals surface area contributed by atoms with Crippen molar-refractivity contribution >= 4 is 27.5 Å². The van der Waals surface area contributed by atoms with Crippen molar-refractivity contribution in [3.63, 3.8) is 0 Å². The number of benzene rings is 1. The molecule has 0 spiro atoms. The Bertz CT molecular complexity index is 426. The van der Waals surface area contributed by atoms with E-state index < -0.39 is 0 Å². The van der Waals surface area contributed by atoms with E-state index in [2.05, 4.69) is 22.0 Å². The third kappa shape index (κ3) is 4.22. The van der Waals surface area contributed by atoms with E-state index in [4.69, 9.17) is 21.6 Å². The van der Waals surface area contributed by atoms with Crippen LogP contribution < -0.4 is 4.74 Å². The van der Waals surface area contributed by atoms with Crippen LogP contribution in [0.3, 0.4) is 0 Å². The summed E-state index contributed by atoms with van der Waals surface area (Å²) in [6.45, 7) is 4.32. The molecule has 0 radical (unpaired) electrons. The molecule has 4 heteroatoms. The molecule has 0 aliphatic heterocycles. The molecule has 92 valence electrons. The second kappa shape index (κ2) is 6.28. The molecule has 0 aromatic heterocycles. The SMILES string of the molecule is CC(C)(C#N)CCOc1cccc(Cl)c1CBr. The van der Waals surface area contributed by atoms with Gasteiger partial charge in [0.1, 0.15) is 5.75 Å². The zero-order chi connectivity index (χ0) is 12.9. The first-order chi connectivity index (χ1) is 8.00. The average molecular weight is 317 g/mol. The number of halogens is 2. The van der Waals surface area contributed by atoms with Crippen molar-refractivity contribution in [1.29, 1.82) is 5.26 Å². The Morgan fingerprint density at radius 2 is 2.18 bits per heavy atom. The monoisotopic (exact) mass is 315 g/mol. The van der Waals surface area contributed by atoms with Crippen molar-refractivity contribution in [3.05, 3.63) is 28.8 Å². The molecule has 0 unspecified atom stereocenters. The second-order valence-corrected chi connectivity index (χ2v) is 5.41. The van der Waals surface area contributed by atoms with Crippen molar-refractivity contribution in [2.24, 2.45) is 5.41 Å². The highest BCUT2D eigenvalue weighted by molar-refractivity contribution is 9.08. The fourth-order valence-corrected chi connectivity index (χ4v) is 2.25. The zero-order valence-corrected chi connectivity index (χ0v) is 12.3. The number of nitriles is 1. The van der Waals surface area contributed by atoms with Crippen molar-refractivity contribution < 1.29 is 4.74 Å². The maximum Gasteiger partial charge on any atom is 0.124 e. The molecule has 0 saturated heterocycles. The predicted molar refractivity (Wildman–Crippen MR) is 73.6 cm³/mol. The number of nitrogens with zero attached hydrogens (tertiary/aromatic N) is 1. The number of hydrogen-bond acceptors (Lipinski definition) is 2. The van der Waals surface area contributed by atoms with Gasteiger partial charge >= 0.3 is 0 Å². The Kier molecular flexibility index (Phi) is 5.30. The van der Waals surface area contributed by atoms with E-state index >= 15 is 0 Å². The van der Waals surface area contributed by atoms with Gasteiger partial charge in [-0.05, 0) is 32.4 Å². The molecule has 0 amide bonds. The largest absolute Gasteiger partial charge is 0.493 e. The molecule has 0 aliphatic rings. The maximum atomic E-state index is 8.90. The first-order valence-electron chi connectivity index (χ1n) is 5.37. The minimum absolute atomic E-state index is 0.354. The van der Waals surface area contributed by atoms with E-state index in [-0.39, 0.29) is 5.41 Å². The van der Waals surface area contributed by atoms with E-state index in [9.17, 15) is 0 Å². The van der Waals surface area contributed by atoms with E-state index in [1.54, 1.807) is 0 Å². The Morgan fingerprint density at radius 1 is 1.47 bits per heavy atom. The predicted octanol–water partition coefficient (Wildman–Crippen LogP) is 4.55. The highest BCUT2D eigenvalue weighted by atomic mass is 79.9. The van der Waals surface area contributed by atoms with Gasteiger partial charge in [-0.15, -0.1) is 0 Å². The fraction of sp³-hybridized carbons (Fsp3) is 0.462. The van der Waals surface area contributed by atoms with E-state index in [1.165, 1.54) is 0 Å². The highest BCUT2D eigenvalue weighted by Crippen LogP contribution is 2.29. The summed E-state index contributed by atoms with van der Waals surface area (Å²) in [6.07, 6.45) is 0.692. The van der Waals surface area contributed by atoms with Gasteiger partial charge < -0.3 is 4.74 Å². The molecular formula is C13H15BrClNO. The lowest BCUT2D eigenvalue weighted by Gasteiger charge is -2.16. The Labute approximate surface area is 116 Å². The van der Waals surface area contributed by atoms with E-state index in [1.807, 2.05) is 32.0 Å². The maximum absolute atomic E-state index is 8.90. The van der Waals surface area contributed by atoms with Gasteiger partial charge in [-0.1, -0.05) is 33.6 Å². The van der Waals surface area contributed by atoms with Gasteiger partial charge in [0.25, 0.3) is 0 Å². The van der Waals surface area contributed by atoms with Crippen LogP contribution in [0.2, 0.25) is 5.02 Å². The molecular weight excluding hydrogens is 302 g/mol. The molecule has 1 rings (SSSR count). The van der Waals surface area contributed by atoms with Crippen molar-refractivity contribution in [2.45, 2.75) is 25.6 Å². The fourth-order valence-electron chi connectivity index (χ4n) is 1.28. The summed E-state index contributed by atoms with van der Waals surface area (Å²) in [4.78, 5) is 0. The van der Waals surface area contributed by atoms with Crippen LogP contribution in [0, 0.1) is 16.7 Å². The quantitative estimate of drug-likeness (QED) is 0.746. The van der Waals surface area contributed by atoms with Crippen molar-refractivity contribution in [2.75, 3.05) is 6.61 Å². The molecule has 0 atom stereocenters. The van der Waals surface area contributed by atoms with E-state index in [0.29, 0.717) is 23.4 Å². The first-order valence-corrected chi connectivity index (χ1v) is 6.87. The topological polar surface area (TPSA) is 33.0 Å². The summed E-state index contributed by atoms with van der Waals surface area (Å²) in [5.74, 6) is 0.781. The minimum Gasteiger partial charge on any atom is -0.493 e. The Morgan fingerprint density at radius 3 is 2.76 bits per heavy atom. The summed E-state index contributed by atoms with van der Waals surface area (Å²) >= 11 is 9.45. The smallest absolute Gasteiger partial charge is 0.124 e. The lowest BCUT2D eigenvalue weighted by Crippen LogP contribution is -2.13. The first kappa shape index (κ1) is 14.3. The molecule has 2 nitrogen and oxygen atoms in total. The van der Waals surface area contributed by atoms with Gasteiger partial charge in [-0.3, -0.25) is 0 Å². The third-order valence-corrected chi connectivity index (χ3v) is 3.41. The molecule has 0 aliphatic carbocycles. The standard InChI is InChI=1S/C13H15BrClNO/c1-13(2,9-16)6-7-17-12-5-3-4-11(15)10(12)8-14/h3-5H,6-8H2,1-2H3. The van der Waals surface area contributed by atoms with Gasteiger partial charge in [0.05, 0.1) is 18.1 Å². The molecule has 0 bridgehead atoms. The van der Waals surface area contributed by atoms with Crippen LogP contribution in [0.5, 0.6) is 5.75 Å². The van der Waals surface area contributed by atoms with Crippen LogP contribution in [-0.4, -0.2) is 6.61 Å². The number of rotatable bonds is 5. The molecule has 0 saturated carbocycles. The molecule has 0 fully saturated rings. The minimum atomic E-state index is -0.354. The second-order valence-electron chi connectivity index (χ2n) is 4.44. The van der Waals surface area contributed by atoms with Gasteiger partial charge in [0, 0.05) is 15.9 Å². The van der Waals surface area contributed by atoms with Gasteiger partial charge in [-0.2, -0.15) is 5.26 Å². The van der Waals surface area contributed by atoms with Crippen LogP contribution in [0.1, 0.15) is 25.8 Å². The zero-order valence-electron chi connectivity index (χ0n) is 9.96. The average Bonchev–Trinajstić information content (AvgIpc) is 2.29. The summed E-state index contributed by atoms with van der Waals surface area (Å²) in [5, 5.41) is 10.3. The summed E-state index contributed by atoms with van der Waals surface area (Å²) in [5.41, 5.74) is 0.594. The van der Waals surface area contributed by atoms with Gasteiger partial charge in [0.2, 0.25) is 0 Å². The normalized spacial score (nSPS) is 11.0. The Balaban J connectivity index is 2.65. The van der Waals surface area contributed by atoms with Crippen molar-refractivity contribution in [1.82, 2.24) is 0 Å². The number of hydrogen-bond donors (Lipinski definition) is 0. The lowest BCUT2D eigenvalue weighted by atomic mass is 9.92. The number of alkyl halides is 1. The molecule has 1 aromatic rings. The van der Waals surface area contributed by atoms with Crippen molar-refractivity contribution in [3.8, 4) is 11.8 Å². The number of ether oxygens (including phenoxy) is 1. The Hall–Kier alpha value is -0.720. The highest BCUT2D eigenvalue weighted by Gasteiger charge is 2.17. The molecule has 0 N–H and O–H groups in total. The summed E-state index contributed by atoms with van der Waals surface area (Å²) < 4.78 is 5.68. The van der Waals surface area contributed by atoms with Gasteiger partial charge in [-0.25, -0.2) is 0 Å². The van der Waals surface area contributed by atoms with Crippen LogP contribution in [0.4, 0.5) is 0 Å². The molecule has 17 heavy (non-hydrogen) atoms. The van der Waals surface area contributed by atoms with Crippen LogP contribution in [0.15, 0.2) is 18.2 Å².